The van der Waals surface area contributed by atoms with Crippen molar-refractivity contribution in [3.63, 3.8) is 0 Å². The number of hydrogen-bond donors (Lipinski definition) is 0. The molecule has 82 valence electrons. The highest BCUT2D eigenvalue weighted by Crippen LogP contribution is 2.22. The summed E-state index contributed by atoms with van der Waals surface area (Å²) in [5.41, 5.74) is 1.44. The second kappa shape index (κ2) is 4.56. The molecule has 0 spiro atoms. The highest BCUT2D eigenvalue weighted by molar-refractivity contribution is 5.75. The van der Waals surface area contributed by atoms with Gasteiger partial charge in [0.05, 0.1) is 5.56 Å². The van der Waals surface area contributed by atoms with E-state index in [2.05, 4.69) is 20.8 Å². The van der Waals surface area contributed by atoms with Gasteiger partial charge in [-0.25, -0.2) is 4.39 Å². The lowest BCUT2D eigenvalue weighted by atomic mass is 9.88. The summed E-state index contributed by atoms with van der Waals surface area (Å²) in [4.78, 5) is 10.5. The van der Waals surface area contributed by atoms with E-state index in [1.54, 1.807) is 12.1 Å². The molecule has 0 radical (unpaired) electrons. The van der Waals surface area contributed by atoms with Gasteiger partial charge in [-0.15, -0.1) is 0 Å². The topological polar surface area (TPSA) is 17.1 Å². The number of hydrogen-bond acceptors (Lipinski definition) is 1. The number of benzene rings is 1. The average Bonchev–Trinajstić information content (AvgIpc) is 2.15. The van der Waals surface area contributed by atoms with E-state index in [4.69, 9.17) is 0 Å². The van der Waals surface area contributed by atoms with Crippen LogP contribution in [-0.2, 0) is 6.42 Å². The van der Waals surface area contributed by atoms with E-state index in [1.165, 1.54) is 6.07 Å². The minimum absolute atomic E-state index is 0.154. The van der Waals surface area contributed by atoms with E-state index >= 15 is 0 Å². The van der Waals surface area contributed by atoms with Gasteiger partial charge in [-0.2, -0.15) is 0 Å². The Hall–Kier alpha value is -1.18. The second-order valence-electron chi connectivity index (χ2n) is 5.03. The molecule has 0 saturated heterocycles. The number of halogens is 1. The Morgan fingerprint density at radius 1 is 1.33 bits per heavy atom. The first kappa shape index (κ1) is 11.9. The maximum Gasteiger partial charge on any atom is 0.153 e. The van der Waals surface area contributed by atoms with Crippen molar-refractivity contribution < 1.29 is 9.18 Å². The van der Waals surface area contributed by atoms with Gasteiger partial charge >= 0.3 is 0 Å². The van der Waals surface area contributed by atoms with Crippen LogP contribution in [0, 0.1) is 11.2 Å². The molecule has 1 aromatic carbocycles. The lowest BCUT2D eigenvalue weighted by Gasteiger charge is -2.17. The minimum atomic E-state index is -0.440. The molecule has 0 bridgehead atoms. The zero-order valence-electron chi connectivity index (χ0n) is 9.51. The molecular formula is C13H17FO. The van der Waals surface area contributed by atoms with Crippen molar-refractivity contribution in [2.24, 2.45) is 5.41 Å². The molecule has 1 aromatic rings. The molecule has 0 atom stereocenters. The molecule has 0 saturated carbocycles. The smallest absolute Gasteiger partial charge is 0.153 e. The quantitative estimate of drug-likeness (QED) is 0.693. The number of aryl methyl sites for hydroxylation is 1. The van der Waals surface area contributed by atoms with Gasteiger partial charge in [0.15, 0.2) is 6.29 Å². The van der Waals surface area contributed by atoms with E-state index < -0.39 is 5.82 Å². The normalized spacial score (nSPS) is 11.5. The van der Waals surface area contributed by atoms with Crippen LogP contribution in [0.4, 0.5) is 4.39 Å². The van der Waals surface area contributed by atoms with Gasteiger partial charge in [0, 0.05) is 0 Å². The summed E-state index contributed by atoms with van der Waals surface area (Å²) in [5.74, 6) is -0.440. The van der Waals surface area contributed by atoms with Gasteiger partial charge in [0.1, 0.15) is 5.82 Å². The fourth-order valence-electron chi connectivity index (χ4n) is 1.36. The van der Waals surface area contributed by atoms with Crippen LogP contribution in [0.3, 0.4) is 0 Å². The third-order valence-electron chi connectivity index (χ3n) is 2.35. The van der Waals surface area contributed by atoms with Crippen LogP contribution in [0.15, 0.2) is 18.2 Å². The average molecular weight is 208 g/mol. The van der Waals surface area contributed by atoms with Crippen molar-refractivity contribution in [1.29, 1.82) is 0 Å². The standard InChI is InChI=1S/C13H17FO/c1-13(2,3)7-6-10-4-5-12(14)11(8-10)9-15/h4-5,8-9H,6-7H2,1-3H3. The Morgan fingerprint density at radius 3 is 2.53 bits per heavy atom. The van der Waals surface area contributed by atoms with Crippen LogP contribution < -0.4 is 0 Å². The molecule has 0 aliphatic carbocycles. The molecule has 15 heavy (non-hydrogen) atoms. The number of carbonyl (C=O) groups is 1. The molecule has 2 heteroatoms. The van der Waals surface area contributed by atoms with Crippen molar-refractivity contribution in [2.45, 2.75) is 33.6 Å². The van der Waals surface area contributed by atoms with Crippen LogP contribution in [-0.4, -0.2) is 6.29 Å². The molecule has 1 nitrogen and oxygen atoms in total. The van der Waals surface area contributed by atoms with E-state index in [1.807, 2.05) is 0 Å². The first-order valence-electron chi connectivity index (χ1n) is 5.16. The van der Waals surface area contributed by atoms with Gasteiger partial charge in [0.25, 0.3) is 0 Å². The number of aldehydes is 1. The maximum atomic E-state index is 13.0. The largest absolute Gasteiger partial charge is 0.298 e. The number of carbonyl (C=O) groups excluding carboxylic acids is 1. The van der Waals surface area contributed by atoms with Gasteiger partial charge in [-0.3, -0.25) is 4.79 Å². The minimum Gasteiger partial charge on any atom is -0.298 e. The van der Waals surface area contributed by atoms with Crippen LogP contribution in [0.1, 0.15) is 43.1 Å². The highest BCUT2D eigenvalue weighted by atomic mass is 19.1. The van der Waals surface area contributed by atoms with Gasteiger partial charge in [-0.1, -0.05) is 26.8 Å². The Kier molecular flexibility index (Phi) is 3.61. The summed E-state index contributed by atoms with van der Waals surface area (Å²) in [5, 5.41) is 0. The van der Waals surface area contributed by atoms with Crippen molar-refractivity contribution in [3.05, 3.63) is 35.1 Å². The van der Waals surface area contributed by atoms with E-state index in [-0.39, 0.29) is 11.0 Å². The van der Waals surface area contributed by atoms with Gasteiger partial charge in [0.2, 0.25) is 0 Å². The molecule has 0 fully saturated rings. The first-order chi connectivity index (χ1) is 6.92. The Labute approximate surface area is 90.3 Å². The van der Waals surface area contributed by atoms with Gasteiger partial charge < -0.3 is 0 Å². The summed E-state index contributed by atoms with van der Waals surface area (Å²) < 4.78 is 13.0. The SMILES string of the molecule is CC(C)(C)CCc1ccc(F)c(C=O)c1. The summed E-state index contributed by atoms with van der Waals surface area (Å²) in [7, 11) is 0. The Balaban J connectivity index is 2.75. The second-order valence-corrected chi connectivity index (χ2v) is 5.03. The summed E-state index contributed by atoms with van der Waals surface area (Å²) in [6.45, 7) is 6.49. The zero-order valence-corrected chi connectivity index (χ0v) is 9.51. The van der Waals surface area contributed by atoms with E-state index in [9.17, 15) is 9.18 Å². The van der Waals surface area contributed by atoms with E-state index in [0.29, 0.717) is 6.29 Å². The predicted molar refractivity (Wildman–Crippen MR) is 59.6 cm³/mol. The highest BCUT2D eigenvalue weighted by Gasteiger charge is 2.10. The van der Waals surface area contributed by atoms with Crippen molar-refractivity contribution in [2.75, 3.05) is 0 Å². The zero-order chi connectivity index (χ0) is 11.5. The summed E-state index contributed by atoms with van der Waals surface area (Å²) >= 11 is 0. The third kappa shape index (κ3) is 3.82. The maximum absolute atomic E-state index is 13.0. The van der Waals surface area contributed by atoms with Crippen molar-refractivity contribution in [3.8, 4) is 0 Å². The third-order valence-corrected chi connectivity index (χ3v) is 2.35. The molecule has 0 unspecified atom stereocenters. The van der Waals surface area contributed by atoms with Crippen molar-refractivity contribution >= 4 is 6.29 Å². The lowest BCUT2D eigenvalue weighted by Crippen LogP contribution is -2.06. The summed E-state index contributed by atoms with van der Waals surface area (Å²) in [6.07, 6.45) is 2.47. The van der Waals surface area contributed by atoms with Gasteiger partial charge in [-0.05, 0) is 36.0 Å². The summed E-state index contributed by atoms with van der Waals surface area (Å²) in [6, 6.07) is 4.74. The van der Waals surface area contributed by atoms with Crippen LogP contribution in [0.5, 0.6) is 0 Å². The lowest BCUT2D eigenvalue weighted by molar-refractivity contribution is 0.111. The van der Waals surface area contributed by atoms with Crippen LogP contribution in [0.2, 0.25) is 0 Å². The molecule has 0 heterocycles. The molecule has 0 aliphatic heterocycles. The Bertz CT molecular complexity index is 350. The molecule has 0 amide bonds. The van der Waals surface area contributed by atoms with Crippen LogP contribution >= 0.6 is 0 Å². The number of rotatable bonds is 3. The fraction of sp³-hybridized carbons (Fsp3) is 0.462. The Morgan fingerprint density at radius 2 is 2.00 bits per heavy atom. The first-order valence-corrected chi connectivity index (χ1v) is 5.16. The molecule has 1 rings (SSSR count). The molecular weight excluding hydrogens is 191 g/mol. The fourth-order valence-corrected chi connectivity index (χ4v) is 1.36. The molecule has 0 aliphatic rings. The molecule has 0 N–H and O–H groups in total. The van der Waals surface area contributed by atoms with E-state index in [0.717, 1.165) is 18.4 Å². The monoisotopic (exact) mass is 208 g/mol. The van der Waals surface area contributed by atoms with Crippen LogP contribution in [0.25, 0.3) is 0 Å². The predicted octanol–water partition coefficient (Wildman–Crippen LogP) is 3.62. The molecule has 0 aromatic heterocycles. The van der Waals surface area contributed by atoms with Crippen molar-refractivity contribution in [1.82, 2.24) is 0 Å².